The van der Waals surface area contributed by atoms with Gasteiger partial charge in [-0.25, -0.2) is 0 Å². The van der Waals surface area contributed by atoms with Crippen LogP contribution < -0.4 is 0 Å². The fraction of sp³-hybridized carbons (Fsp3) is 0.364. The summed E-state index contributed by atoms with van der Waals surface area (Å²) in [4.78, 5) is 34.9. The molecule has 0 saturated carbocycles. The molecule has 6 nitrogen and oxygen atoms in total. The van der Waals surface area contributed by atoms with Gasteiger partial charge < -0.3 is 15.2 Å². The number of aliphatic carboxylic acids is 2. The minimum absolute atomic E-state index is 0.0382. The number of carbonyl (C=O) groups excluding carboxylic acids is 1. The van der Waals surface area contributed by atoms with Crippen LogP contribution in [0.5, 0.6) is 0 Å². The number of hydrogen-bond donors (Lipinski definition) is 3. The highest BCUT2D eigenvalue weighted by molar-refractivity contribution is 6.17. The summed E-state index contributed by atoms with van der Waals surface area (Å²) in [6.07, 6.45) is 0.173. The average molecular weight is 274 g/mol. The molecule has 0 aliphatic carbocycles. The smallest absolute Gasteiger partial charge is 0.307 e. The zero-order valence-corrected chi connectivity index (χ0v) is 10.2. The van der Waals surface area contributed by atoms with E-state index in [-0.39, 0.29) is 30.8 Å². The molecule has 0 atom stereocenters. The maximum atomic E-state index is 10.9. The van der Waals surface area contributed by atoms with E-state index in [1.807, 2.05) is 0 Å². The maximum absolute atomic E-state index is 10.9. The Hall–Kier alpha value is -1.82. The molecule has 0 aromatic carbocycles. The number of aromatic nitrogens is 1. The molecule has 0 aliphatic rings. The number of halogens is 1. The lowest BCUT2D eigenvalue weighted by Crippen LogP contribution is -2.06. The van der Waals surface area contributed by atoms with Crippen molar-refractivity contribution in [3.8, 4) is 0 Å². The number of H-pyrrole nitrogens is 1. The molecule has 0 bridgehead atoms. The molecule has 0 radical (unpaired) electrons. The summed E-state index contributed by atoms with van der Waals surface area (Å²) in [5.74, 6) is -2.03. The molecule has 7 heteroatoms. The molecule has 18 heavy (non-hydrogen) atoms. The van der Waals surface area contributed by atoms with Crippen LogP contribution in [0.15, 0.2) is 0 Å². The van der Waals surface area contributed by atoms with Gasteiger partial charge in [-0.2, -0.15) is 0 Å². The number of carboxylic acid groups (broad SMARTS) is 2. The van der Waals surface area contributed by atoms with Gasteiger partial charge in [0.2, 0.25) is 0 Å². The van der Waals surface area contributed by atoms with E-state index in [1.165, 1.54) is 0 Å². The number of rotatable bonds is 7. The van der Waals surface area contributed by atoms with Crippen LogP contribution in [0, 0.1) is 0 Å². The summed E-state index contributed by atoms with van der Waals surface area (Å²) in [6.45, 7) is 0. The van der Waals surface area contributed by atoms with Gasteiger partial charge in [0.05, 0.1) is 18.0 Å². The molecular weight excluding hydrogens is 262 g/mol. The molecule has 0 unspecified atom stereocenters. The molecule has 0 saturated heterocycles. The molecule has 0 spiro atoms. The molecule has 0 fully saturated rings. The third-order valence-electron chi connectivity index (χ3n) is 2.51. The minimum Gasteiger partial charge on any atom is -0.481 e. The zero-order valence-electron chi connectivity index (χ0n) is 9.40. The Bertz CT molecular complexity index is 480. The van der Waals surface area contributed by atoms with Crippen LogP contribution in [0.3, 0.4) is 0 Å². The monoisotopic (exact) mass is 273 g/mol. The van der Waals surface area contributed by atoms with Crippen molar-refractivity contribution in [3.05, 3.63) is 22.5 Å². The SMILES string of the molecule is O=Cc1[nH]c(CCl)c(CC(=O)O)c1CCC(=O)O. The fourth-order valence-electron chi connectivity index (χ4n) is 1.75. The normalized spacial score (nSPS) is 10.3. The summed E-state index contributed by atoms with van der Waals surface area (Å²) in [6, 6.07) is 0. The zero-order chi connectivity index (χ0) is 13.7. The van der Waals surface area contributed by atoms with Gasteiger partial charge >= 0.3 is 11.9 Å². The first-order chi connectivity index (χ1) is 8.49. The third kappa shape index (κ3) is 3.33. The van der Waals surface area contributed by atoms with Crippen LogP contribution in [-0.2, 0) is 28.3 Å². The Morgan fingerprint density at radius 3 is 2.33 bits per heavy atom. The van der Waals surface area contributed by atoms with E-state index in [1.54, 1.807) is 0 Å². The van der Waals surface area contributed by atoms with E-state index < -0.39 is 11.9 Å². The summed E-state index contributed by atoms with van der Waals surface area (Å²) < 4.78 is 0. The van der Waals surface area contributed by atoms with E-state index in [0.29, 0.717) is 23.1 Å². The molecule has 1 aromatic heterocycles. The second-order valence-corrected chi connectivity index (χ2v) is 3.96. The highest BCUT2D eigenvalue weighted by Crippen LogP contribution is 2.22. The summed E-state index contributed by atoms with van der Waals surface area (Å²) in [5.41, 5.74) is 1.47. The molecule has 1 aromatic rings. The second kappa shape index (κ2) is 6.20. The molecule has 1 heterocycles. The first-order valence-corrected chi connectivity index (χ1v) is 5.70. The van der Waals surface area contributed by atoms with Gasteiger partial charge in [-0.15, -0.1) is 11.6 Å². The van der Waals surface area contributed by atoms with Gasteiger partial charge in [-0.3, -0.25) is 14.4 Å². The van der Waals surface area contributed by atoms with Crippen LogP contribution in [0.4, 0.5) is 0 Å². The Labute approximate surface area is 108 Å². The van der Waals surface area contributed by atoms with E-state index in [4.69, 9.17) is 21.8 Å². The van der Waals surface area contributed by atoms with Gasteiger partial charge in [-0.05, 0) is 17.5 Å². The number of nitrogens with one attached hydrogen (secondary N) is 1. The molecule has 0 aliphatic heterocycles. The largest absolute Gasteiger partial charge is 0.481 e. The first-order valence-electron chi connectivity index (χ1n) is 5.16. The molecular formula is C11H12ClNO5. The standard InChI is InChI=1S/C11H12ClNO5/c12-4-8-7(3-11(17)18)6(1-2-10(15)16)9(5-14)13-8/h5,13H,1-4H2,(H,15,16)(H,17,18). The van der Waals surface area contributed by atoms with Crippen molar-refractivity contribution in [1.82, 2.24) is 4.98 Å². The Morgan fingerprint density at radius 1 is 1.22 bits per heavy atom. The van der Waals surface area contributed by atoms with Crippen molar-refractivity contribution in [1.29, 1.82) is 0 Å². The minimum atomic E-state index is -1.06. The van der Waals surface area contributed by atoms with Crippen molar-refractivity contribution in [3.63, 3.8) is 0 Å². The first kappa shape index (κ1) is 14.2. The van der Waals surface area contributed by atoms with Crippen LogP contribution >= 0.6 is 11.6 Å². The summed E-state index contributed by atoms with van der Waals surface area (Å²) in [7, 11) is 0. The molecule has 0 amide bonds. The van der Waals surface area contributed by atoms with E-state index in [2.05, 4.69) is 4.98 Å². The number of aromatic amines is 1. The lowest BCUT2D eigenvalue weighted by Gasteiger charge is -2.03. The van der Waals surface area contributed by atoms with Gasteiger partial charge in [0.15, 0.2) is 6.29 Å². The topological polar surface area (TPSA) is 107 Å². The predicted molar refractivity (Wildman–Crippen MR) is 63.0 cm³/mol. The second-order valence-electron chi connectivity index (χ2n) is 3.69. The fourth-order valence-corrected chi connectivity index (χ4v) is 1.98. The lowest BCUT2D eigenvalue weighted by molar-refractivity contribution is -0.137. The maximum Gasteiger partial charge on any atom is 0.307 e. The van der Waals surface area contributed by atoms with Gasteiger partial charge in [-0.1, -0.05) is 0 Å². The summed E-state index contributed by atoms with van der Waals surface area (Å²) in [5, 5.41) is 17.4. The van der Waals surface area contributed by atoms with Crippen LogP contribution in [-0.4, -0.2) is 33.4 Å². The number of carbonyl (C=O) groups is 3. The van der Waals surface area contributed by atoms with E-state index in [0.717, 1.165) is 0 Å². The van der Waals surface area contributed by atoms with E-state index >= 15 is 0 Å². The molecule has 3 N–H and O–H groups in total. The number of carboxylic acids is 2. The van der Waals surface area contributed by atoms with Crippen LogP contribution in [0.1, 0.15) is 33.7 Å². The highest BCUT2D eigenvalue weighted by atomic mass is 35.5. The van der Waals surface area contributed by atoms with Gasteiger partial charge in [0, 0.05) is 12.1 Å². The average Bonchev–Trinajstić information content (AvgIpc) is 2.63. The Kier molecular flexibility index (Phi) is 4.91. The molecule has 98 valence electrons. The highest BCUT2D eigenvalue weighted by Gasteiger charge is 2.19. The van der Waals surface area contributed by atoms with Gasteiger partial charge in [0.25, 0.3) is 0 Å². The predicted octanol–water partition coefficient (Wildman–Crippen LogP) is 1.21. The van der Waals surface area contributed by atoms with Crippen LogP contribution in [0.25, 0.3) is 0 Å². The van der Waals surface area contributed by atoms with Gasteiger partial charge in [0.1, 0.15) is 0 Å². The number of hydrogen-bond acceptors (Lipinski definition) is 3. The molecule has 1 rings (SSSR count). The Balaban J connectivity index is 3.15. The third-order valence-corrected chi connectivity index (χ3v) is 2.77. The summed E-state index contributed by atoms with van der Waals surface area (Å²) >= 11 is 5.66. The number of alkyl halides is 1. The lowest BCUT2D eigenvalue weighted by atomic mass is 10.0. The van der Waals surface area contributed by atoms with Crippen molar-refractivity contribution in [2.45, 2.75) is 25.1 Å². The number of aldehydes is 1. The quantitative estimate of drug-likeness (QED) is 0.511. The van der Waals surface area contributed by atoms with Crippen molar-refractivity contribution in [2.24, 2.45) is 0 Å². The van der Waals surface area contributed by atoms with Crippen molar-refractivity contribution in [2.75, 3.05) is 0 Å². The Morgan fingerprint density at radius 2 is 1.89 bits per heavy atom. The van der Waals surface area contributed by atoms with E-state index in [9.17, 15) is 14.4 Å². The van der Waals surface area contributed by atoms with Crippen LogP contribution in [0.2, 0.25) is 0 Å². The van der Waals surface area contributed by atoms with Crippen molar-refractivity contribution < 1.29 is 24.6 Å². The van der Waals surface area contributed by atoms with Crippen molar-refractivity contribution >= 4 is 29.8 Å².